The molecule has 2 atom stereocenters. The van der Waals surface area contributed by atoms with Crippen molar-refractivity contribution in [2.45, 2.75) is 70.4 Å². The number of rotatable bonds is 3. The Hall–Kier alpha value is -1.10. The van der Waals surface area contributed by atoms with Crippen LogP contribution in [0.3, 0.4) is 0 Å². The van der Waals surface area contributed by atoms with Gasteiger partial charge in [0.1, 0.15) is 0 Å². The van der Waals surface area contributed by atoms with E-state index < -0.39 is 11.0 Å². The molecule has 0 heterocycles. The van der Waals surface area contributed by atoms with E-state index in [4.69, 9.17) is 4.74 Å². The standard InChI is InChI=1S/C17H27NO4/c1-15(2,3)18-13(19)9-22-14(20)16-5-11-4-12(6-16)8-17(21,7-11)10-16/h11-12,21H,4-10H2,1-3H3,(H,18,19)/t11-,12-,16?,17?/m0/s1. The van der Waals surface area contributed by atoms with Gasteiger partial charge in [-0.1, -0.05) is 0 Å². The first kappa shape index (κ1) is 15.8. The van der Waals surface area contributed by atoms with E-state index in [0.29, 0.717) is 18.3 Å². The average Bonchev–Trinajstić information content (AvgIpc) is 2.30. The minimum atomic E-state index is -0.684. The third-order valence-electron chi connectivity index (χ3n) is 5.31. The normalized spacial score (nSPS) is 39.6. The molecule has 4 aliphatic rings. The van der Waals surface area contributed by atoms with Crippen molar-refractivity contribution >= 4 is 11.9 Å². The third-order valence-corrected chi connectivity index (χ3v) is 5.31. The highest BCUT2D eigenvalue weighted by atomic mass is 16.5. The van der Waals surface area contributed by atoms with Crippen LogP contribution in [0.5, 0.6) is 0 Å². The zero-order valence-corrected chi connectivity index (χ0v) is 13.8. The zero-order chi connectivity index (χ0) is 16.2. The molecule has 0 spiro atoms. The minimum absolute atomic E-state index is 0.231. The van der Waals surface area contributed by atoms with E-state index in [1.807, 2.05) is 20.8 Å². The maximum absolute atomic E-state index is 12.6. The van der Waals surface area contributed by atoms with E-state index >= 15 is 0 Å². The quantitative estimate of drug-likeness (QED) is 0.779. The van der Waals surface area contributed by atoms with Gasteiger partial charge in [-0.2, -0.15) is 0 Å². The Labute approximate surface area is 131 Å². The maximum Gasteiger partial charge on any atom is 0.312 e. The van der Waals surface area contributed by atoms with Gasteiger partial charge in [0.15, 0.2) is 6.61 Å². The van der Waals surface area contributed by atoms with Crippen molar-refractivity contribution in [3.63, 3.8) is 0 Å². The van der Waals surface area contributed by atoms with E-state index in [0.717, 1.165) is 32.1 Å². The predicted octanol–water partition coefficient (Wildman–Crippen LogP) is 1.78. The number of ether oxygens (including phenoxy) is 1. The smallest absolute Gasteiger partial charge is 0.312 e. The monoisotopic (exact) mass is 309 g/mol. The Morgan fingerprint density at radius 1 is 1.18 bits per heavy atom. The summed E-state index contributed by atoms with van der Waals surface area (Å²) in [7, 11) is 0. The van der Waals surface area contributed by atoms with E-state index in [2.05, 4.69) is 5.32 Å². The molecule has 0 aliphatic heterocycles. The van der Waals surface area contributed by atoms with Crippen LogP contribution in [0.15, 0.2) is 0 Å². The lowest BCUT2D eigenvalue weighted by Crippen LogP contribution is -2.58. The van der Waals surface area contributed by atoms with Gasteiger partial charge in [0.2, 0.25) is 0 Å². The number of amides is 1. The van der Waals surface area contributed by atoms with E-state index in [1.54, 1.807) is 0 Å². The first-order valence-electron chi connectivity index (χ1n) is 8.30. The fourth-order valence-electron chi connectivity index (χ4n) is 5.19. The number of nitrogens with one attached hydrogen (secondary N) is 1. The van der Waals surface area contributed by atoms with Crippen LogP contribution in [0.25, 0.3) is 0 Å². The van der Waals surface area contributed by atoms with Crippen LogP contribution in [0.2, 0.25) is 0 Å². The molecule has 0 aromatic heterocycles. The summed E-state index contributed by atoms with van der Waals surface area (Å²) in [6.07, 6.45) is 4.90. The molecule has 1 amide bonds. The highest BCUT2D eigenvalue weighted by Gasteiger charge is 2.60. The van der Waals surface area contributed by atoms with Crippen LogP contribution in [0.4, 0.5) is 0 Å². The molecule has 0 unspecified atom stereocenters. The summed E-state index contributed by atoms with van der Waals surface area (Å²) in [5, 5.41) is 13.4. The summed E-state index contributed by atoms with van der Waals surface area (Å²) >= 11 is 0. The molecular weight excluding hydrogens is 282 g/mol. The summed E-state index contributed by atoms with van der Waals surface area (Å²) in [4.78, 5) is 24.4. The minimum Gasteiger partial charge on any atom is -0.455 e. The Morgan fingerprint density at radius 2 is 1.77 bits per heavy atom. The summed E-state index contributed by atoms with van der Waals surface area (Å²) in [5.41, 5.74) is -1.57. The second-order valence-corrected chi connectivity index (χ2v) is 8.84. The largest absolute Gasteiger partial charge is 0.455 e. The van der Waals surface area contributed by atoms with Crippen LogP contribution < -0.4 is 5.32 Å². The lowest BCUT2D eigenvalue weighted by Gasteiger charge is -2.58. The SMILES string of the molecule is CC(C)(C)NC(=O)COC(=O)C12C[C@@H]3C[C@H](CC(O)(C3)C1)C2. The molecule has 4 aliphatic carbocycles. The Bertz CT molecular complexity index is 479. The van der Waals surface area contributed by atoms with Gasteiger partial charge in [-0.3, -0.25) is 9.59 Å². The van der Waals surface area contributed by atoms with Crippen molar-refractivity contribution in [2.75, 3.05) is 6.61 Å². The predicted molar refractivity (Wildman–Crippen MR) is 80.9 cm³/mol. The van der Waals surface area contributed by atoms with Crippen LogP contribution >= 0.6 is 0 Å². The zero-order valence-electron chi connectivity index (χ0n) is 13.8. The first-order chi connectivity index (χ1) is 10.1. The summed E-state index contributed by atoms with van der Waals surface area (Å²) in [6.45, 7) is 5.44. The fourth-order valence-corrected chi connectivity index (χ4v) is 5.19. The molecule has 0 saturated heterocycles. The van der Waals surface area contributed by atoms with Crippen LogP contribution in [0, 0.1) is 17.3 Å². The number of carbonyl (C=O) groups is 2. The number of hydrogen-bond donors (Lipinski definition) is 2. The van der Waals surface area contributed by atoms with Gasteiger partial charge in [0, 0.05) is 5.54 Å². The van der Waals surface area contributed by atoms with Crippen LogP contribution in [0.1, 0.15) is 59.3 Å². The summed E-state index contributed by atoms with van der Waals surface area (Å²) < 4.78 is 5.32. The first-order valence-corrected chi connectivity index (χ1v) is 8.30. The Morgan fingerprint density at radius 3 is 2.27 bits per heavy atom. The molecular formula is C17H27NO4. The lowest BCUT2D eigenvalue weighted by molar-refractivity contribution is -0.196. The molecule has 5 heteroatoms. The van der Waals surface area contributed by atoms with Gasteiger partial charge in [-0.25, -0.2) is 0 Å². The molecule has 4 saturated carbocycles. The molecule has 0 aromatic carbocycles. The van der Waals surface area contributed by atoms with Gasteiger partial charge in [-0.15, -0.1) is 0 Å². The second kappa shape index (κ2) is 4.95. The van der Waals surface area contributed by atoms with E-state index in [9.17, 15) is 14.7 Å². The van der Waals surface area contributed by atoms with Crippen molar-refractivity contribution in [1.82, 2.24) is 5.32 Å². The molecule has 4 rings (SSSR count). The van der Waals surface area contributed by atoms with Gasteiger partial charge < -0.3 is 15.2 Å². The van der Waals surface area contributed by atoms with Crippen molar-refractivity contribution in [1.29, 1.82) is 0 Å². The molecule has 5 nitrogen and oxygen atoms in total. The number of carbonyl (C=O) groups excluding carboxylic acids is 2. The number of aliphatic hydroxyl groups is 1. The number of esters is 1. The van der Waals surface area contributed by atoms with E-state index in [1.165, 1.54) is 0 Å². The van der Waals surface area contributed by atoms with Gasteiger partial charge in [0.25, 0.3) is 5.91 Å². The van der Waals surface area contributed by atoms with Gasteiger partial charge in [0.05, 0.1) is 11.0 Å². The lowest BCUT2D eigenvalue weighted by atomic mass is 9.48. The molecule has 4 fully saturated rings. The molecule has 0 radical (unpaired) electrons. The van der Waals surface area contributed by atoms with Crippen molar-refractivity contribution in [3.05, 3.63) is 0 Å². The van der Waals surface area contributed by atoms with Crippen molar-refractivity contribution in [2.24, 2.45) is 17.3 Å². The van der Waals surface area contributed by atoms with Gasteiger partial charge >= 0.3 is 5.97 Å². The van der Waals surface area contributed by atoms with Crippen molar-refractivity contribution < 1.29 is 19.4 Å². The Kier molecular flexibility index (Phi) is 3.55. The number of hydrogen-bond acceptors (Lipinski definition) is 4. The highest BCUT2D eigenvalue weighted by molar-refractivity contribution is 5.83. The van der Waals surface area contributed by atoms with Crippen molar-refractivity contribution in [3.8, 4) is 0 Å². The third kappa shape index (κ3) is 3.00. The molecule has 2 N–H and O–H groups in total. The summed E-state index contributed by atoms with van der Waals surface area (Å²) in [6, 6.07) is 0. The average molecular weight is 309 g/mol. The maximum atomic E-state index is 12.6. The van der Waals surface area contributed by atoms with Crippen LogP contribution in [-0.2, 0) is 14.3 Å². The Balaban J connectivity index is 1.62. The molecule has 22 heavy (non-hydrogen) atoms. The second-order valence-electron chi connectivity index (χ2n) is 8.84. The highest BCUT2D eigenvalue weighted by Crippen LogP contribution is 2.61. The topological polar surface area (TPSA) is 75.6 Å². The fraction of sp³-hybridized carbons (Fsp3) is 0.882. The van der Waals surface area contributed by atoms with Gasteiger partial charge in [-0.05, 0) is 71.1 Å². The summed E-state index contributed by atoms with van der Waals surface area (Å²) in [5.74, 6) is 0.303. The molecule has 4 bridgehead atoms. The van der Waals surface area contributed by atoms with Crippen LogP contribution in [-0.4, -0.2) is 34.7 Å². The molecule has 124 valence electrons. The molecule has 0 aromatic rings. The van der Waals surface area contributed by atoms with E-state index in [-0.39, 0.29) is 24.0 Å².